The van der Waals surface area contributed by atoms with Crippen molar-refractivity contribution in [2.45, 2.75) is 24.7 Å². The summed E-state index contributed by atoms with van der Waals surface area (Å²) in [4.78, 5) is 23.9. The number of amides is 3. The Hall–Kier alpha value is -2.34. The zero-order valence-corrected chi connectivity index (χ0v) is 14.6. The normalized spacial score (nSPS) is 15.2. The number of carbonyl (C=O) groups excluding carboxylic acids is 2. The first-order valence-electron chi connectivity index (χ1n) is 7.74. The van der Waals surface area contributed by atoms with Gasteiger partial charge < -0.3 is 16.4 Å². The summed E-state index contributed by atoms with van der Waals surface area (Å²) >= 11 is 3.43. The minimum absolute atomic E-state index is 0.0210. The smallest absolute Gasteiger partial charge is 0.316 e. The predicted octanol–water partition coefficient (Wildman–Crippen LogP) is 4.00. The van der Waals surface area contributed by atoms with Gasteiger partial charge in [-0.1, -0.05) is 40.5 Å². The lowest BCUT2D eigenvalue weighted by molar-refractivity contribution is -0.124. The molecule has 1 fully saturated rings. The van der Waals surface area contributed by atoms with E-state index in [1.54, 1.807) is 24.3 Å². The number of rotatable bonds is 4. The molecule has 0 unspecified atom stereocenters. The summed E-state index contributed by atoms with van der Waals surface area (Å²) in [6.07, 6.45) is 2.70. The molecule has 0 bridgehead atoms. The van der Waals surface area contributed by atoms with Gasteiger partial charge in [-0.2, -0.15) is 0 Å². The molecule has 0 spiro atoms. The summed E-state index contributed by atoms with van der Waals surface area (Å²) in [5, 5.41) is 5.47. The van der Waals surface area contributed by atoms with Crippen LogP contribution >= 0.6 is 15.9 Å². The summed E-state index contributed by atoms with van der Waals surface area (Å²) in [6.45, 7) is 0. The highest BCUT2D eigenvalue weighted by atomic mass is 79.9. The largest absolute Gasteiger partial charge is 0.351 e. The molecule has 0 radical (unpaired) electrons. The molecule has 0 saturated heterocycles. The monoisotopic (exact) mass is 387 g/mol. The number of halogens is 1. The molecule has 1 aliphatic rings. The summed E-state index contributed by atoms with van der Waals surface area (Å²) < 4.78 is 0.992. The maximum atomic E-state index is 12.9. The van der Waals surface area contributed by atoms with Crippen molar-refractivity contribution < 1.29 is 9.59 Å². The molecule has 2 aromatic rings. The Bertz CT molecular complexity index is 770. The van der Waals surface area contributed by atoms with Crippen LogP contribution in [0.5, 0.6) is 0 Å². The van der Waals surface area contributed by atoms with Crippen molar-refractivity contribution in [2.75, 3.05) is 10.6 Å². The van der Waals surface area contributed by atoms with E-state index in [1.807, 2.05) is 24.3 Å². The van der Waals surface area contributed by atoms with Gasteiger partial charge >= 0.3 is 6.03 Å². The standard InChI is InChI=1S/C18H18BrN3O2/c19-13-7-5-12(6-8-13)18(9-2-10-18)16(23)21-14-3-1-4-15(11-14)22-17(20)24/h1,3-8,11H,2,9-10H2,(H,21,23)(H3,20,22,24). The van der Waals surface area contributed by atoms with Crippen molar-refractivity contribution in [1.82, 2.24) is 0 Å². The minimum atomic E-state index is -0.635. The van der Waals surface area contributed by atoms with Crippen LogP contribution in [-0.4, -0.2) is 11.9 Å². The van der Waals surface area contributed by atoms with Gasteiger partial charge in [-0.05, 0) is 48.7 Å². The van der Waals surface area contributed by atoms with Gasteiger partial charge in [0.25, 0.3) is 0 Å². The van der Waals surface area contributed by atoms with Crippen molar-refractivity contribution in [3.63, 3.8) is 0 Å². The quantitative estimate of drug-likeness (QED) is 0.740. The Morgan fingerprint density at radius 2 is 1.62 bits per heavy atom. The summed E-state index contributed by atoms with van der Waals surface area (Å²) in [6, 6.07) is 14.2. The number of anilines is 2. The van der Waals surface area contributed by atoms with E-state index in [2.05, 4.69) is 26.6 Å². The molecule has 3 amide bonds. The number of primary amides is 1. The number of nitrogens with two attached hydrogens (primary N) is 1. The van der Waals surface area contributed by atoms with Crippen LogP contribution in [0.1, 0.15) is 24.8 Å². The second kappa shape index (κ2) is 6.65. The van der Waals surface area contributed by atoms with E-state index in [0.717, 1.165) is 29.3 Å². The maximum Gasteiger partial charge on any atom is 0.316 e. The van der Waals surface area contributed by atoms with Gasteiger partial charge in [0.1, 0.15) is 0 Å². The van der Waals surface area contributed by atoms with E-state index < -0.39 is 11.4 Å². The third-order valence-electron chi connectivity index (χ3n) is 4.43. The van der Waals surface area contributed by atoms with Crippen molar-refractivity contribution in [3.05, 3.63) is 58.6 Å². The number of carbonyl (C=O) groups is 2. The van der Waals surface area contributed by atoms with Crippen LogP contribution in [-0.2, 0) is 10.2 Å². The van der Waals surface area contributed by atoms with Gasteiger partial charge in [0.05, 0.1) is 5.41 Å². The minimum Gasteiger partial charge on any atom is -0.351 e. The molecular formula is C18H18BrN3O2. The zero-order valence-electron chi connectivity index (χ0n) is 13.0. The van der Waals surface area contributed by atoms with Crippen LogP contribution in [0.3, 0.4) is 0 Å². The molecule has 6 heteroatoms. The van der Waals surface area contributed by atoms with Gasteiger partial charge in [0.15, 0.2) is 0 Å². The van der Waals surface area contributed by atoms with E-state index >= 15 is 0 Å². The van der Waals surface area contributed by atoms with Gasteiger partial charge in [0, 0.05) is 15.8 Å². The molecule has 0 aromatic heterocycles. The lowest BCUT2D eigenvalue weighted by Gasteiger charge is -2.40. The lowest BCUT2D eigenvalue weighted by Crippen LogP contribution is -2.46. The van der Waals surface area contributed by atoms with Crippen molar-refractivity contribution in [2.24, 2.45) is 5.73 Å². The van der Waals surface area contributed by atoms with Crippen LogP contribution in [0.2, 0.25) is 0 Å². The second-order valence-corrected chi connectivity index (χ2v) is 6.88. The van der Waals surface area contributed by atoms with E-state index in [4.69, 9.17) is 5.73 Å². The van der Waals surface area contributed by atoms with Gasteiger partial charge in [-0.15, -0.1) is 0 Å². The highest BCUT2D eigenvalue weighted by Crippen LogP contribution is 2.44. The van der Waals surface area contributed by atoms with Gasteiger partial charge in [-0.25, -0.2) is 4.79 Å². The SMILES string of the molecule is NC(=O)Nc1cccc(NC(=O)C2(c3ccc(Br)cc3)CCC2)c1. The first-order chi connectivity index (χ1) is 11.5. The third-order valence-corrected chi connectivity index (χ3v) is 4.96. The van der Waals surface area contributed by atoms with Gasteiger partial charge in [0.2, 0.25) is 5.91 Å². The molecule has 1 saturated carbocycles. The van der Waals surface area contributed by atoms with Crippen LogP contribution in [0.15, 0.2) is 53.0 Å². The fourth-order valence-corrected chi connectivity index (χ4v) is 3.28. The Balaban J connectivity index is 1.80. The summed E-state index contributed by atoms with van der Waals surface area (Å²) in [7, 11) is 0. The highest BCUT2D eigenvalue weighted by molar-refractivity contribution is 9.10. The zero-order chi connectivity index (χ0) is 17.2. The lowest BCUT2D eigenvalue weighted by atomic mass is 9.64. The molecule has 24 heavy (non-hydrogen) atoms. The van der Waals surface area contributed by atoms with Crippen LogP contribution in [0.25, 0.3) is 0 Å². The van der Waals surface area contributed by atoms with E-state index in [9.17, 15) is 9.59 Å². The van der Waals surface area contributed by atoms with E-state index in [1.165, 1.54) is 0 Å². The first-order valence-corrected chi connectivity index (χ1v) is 8.53. The molecule has 4 N–H and O–H groups in total. The third kappa shape index (κ3) is 3.28. The molecule has 124 valence electrons. The Labute approximate surface area is 148 Å². The number of hydrogen-bond donors (Lipinski definition) is 3. The Morgan fingerprint density at radius 1 is 1.00 bits per heavy atom. The fourth-order valence-electron chi connectivity index (χ4n) is 3.01. The molecule has 5 nitrogen and oxygen atoms in total. The summed E-state index contributed by atoms with van der Waals surface area (Å²) in [5.74, 6) is -0.0210. The molecule has 1 aliphatic carbocycles. The molecule has 0 heterocycles. The second-order valence-electron chi connectivity index (χ2n) is 5.97. The Morgan fingerprint density at radius 3 is 2.17 bits per heavy atom. The Kier molecular flexibility index (Phi) is 4.57. The number of benzene rings is 2. The van der Waals surface area contributed by atoms with Crippen LogP contribution < -0.4 is 16.4 Å². The fraction of sp³-hybridized carbons (Fsp3) is 0.222. The van der Waals surface area contributed by atoms with Crippen molar-refractivity contribution >= 4 is 39.2 Å². The molecule has 2 aromatic carbocycles. The number of hydrogen-bond acceptors (Lipinski definition) is 2. The van der Waals surface area contributed by atoms with Crippen molar-refractivity contribution in [1.29, 1.82) is 0 Å². The topological polar surface area (TPSA) is 84.2 Å². The van der Waals surface area contributed by atoms with E-state index in [0.29, 0.717) is 11.4 Å². The number of urea groups is 1. The van der Waals surface area contributed by atoms with Crippen molar-refractivity contribution in [3.8, 4) is 0 Å². The van der Waals surface area contributed by atoms with Crippen LogP contribution in [0.4, 0.5) is 16.2 Å². The average Bonchev–Trinajstić information content (AvgIpc) is 2.47. The van der Waals surface area contributed by atoms with Gasteiger partial charge in [-0.3, -0.25) is 4.79 Å². The average molecular weight is 388 g/mol. The van der Waals surface area contributed by atoms with Crippen LogP contribution in [0, 0.1) is 0 Å². The molecule has 0 atom stereocenters. The maximum absolute atomic E-state index is 12.9. The summed E-state index contributed by atoms with van der Waals surface area (Å²) in [5.41, 5.74) is 6.85. The number of nitrogens with one attached hydrogen (secondary N) is 2. The first kappa shape index (κ1) is 16.5. The molecule has 3 rings (SSSR count). The highest BCUT2D eigenvalue weighted by Gasteiger charge is 2.45. The molecular weight excluding hydrogens is 370 g/mol. The predicted molar refractivity (Wildman–Crippen MR) is 97.9 cm³/mol. The van der Waals surface area contributed by atoms with E-state index in [-0.39, 0.29) is 5.91 Å². The molecule has 0 aliphatic heterocycles.